The minimum Gasteiger partial charge on any atom is -0.338 e. The first-order chi connectivity index (χ1) is 11.2. The van der Waals surface area contributed by atoms with Crippen molar-refractivity contribution < 1.29 is 4.79 Å². The Morgan fingerprint density at radius 2 is 1.96 bits per heavy atom. The van der Waals surface area contributed by atoms with Crippen LogP contribution < -0.4 is 5.32 Å². The summed E-state index contributed by atoms with van der Waals surface area (Å²) < 4.78 is 2.34. The predicted octanol–water partition coefficient (Wildman–Crippen LogP) is 3.22. The summed E-state index contributed by atoms with van der Waals surface area (Å²) in [6.45, 7) is 6.32. The molecule has 5 nitrogen and oxygen atoms in total. The van der Waals surface area contributed by atoms with E-state index >= 15 is 0 Å². The summed E-state index contributed by atoms with van der Waals surface area (Å²) >= 11 is 0. The summed E-state index contributed by atoms with van der Waals surface area (Å²) in [4.78, 5) is 18.5. The molecule has 2 heterocycles. The molecule has 0 aliphatic carbocycles. The smallest absolute Gasteiger partial charge is 0.317 e. The second-order valence-corrected chi connectivity index (χ2v) is 6.01. The van der Waals surface area contributed by atoms with Crippen LogP contribution in [0, 0.1) is 6.92 Å². The number of amides is 2. The third kappa shape index (κ3) is 3.23. The van der Waals surface area contributed by atoms with Gasteiger partial charge in [0, 0.05) is 43.1 Å². The maximum atomic E-state index is 11.9. The first kappa shape index (κ1) is 15.6. The van der Waals surface area contributed by atoms with E-state index in [1.54, 1.807) is 0 Å². The van der Waals surface area contributed by atoms with Gasteiger partial charge in [0.25, 0.3) is 0 Å². The van der Waals surface area contributed by atoms with Gasteiger partial charge in [-0.15, -0.1) is 0 Å². The maximum absolute atomic E-state index is 11.9. The van der Waals surface area contributed by atoms with Crippen LogP contribution in [0.2, 0.25) is 0 Å². The number of carbonyl (C=O) groups is 1. The number of benzene rings is 1. The lowest BCUT2D eigenvalue weighted by Gasteiger charge is -2.33. The van der Waals surface area contributed by atoms with E-state index in [4.69, 9.17) is 0 Å². The van der Waals surface area contributed by atoms with Crippen LogP contribution in [-0.2, 0) is 0 Å². The highest BCUT2D eigenvalue weighted by Crippen LogP contribution is 2.30. The number of imidazole rings is 1. The van der Waals surface area contributed by atoms with Gasteiger partial charge in [0.05, 0.1) is 0 Å². The molecule has 0 saturated carbocycles. The molecule has 1 aliphatic rings. The van der Waals surface area contributed by atoms with E-state index in [0.717, 1.165) is 37.3 Å². The molecule has 3 rings (SSSR count). The van der Waals surface area contributed by atoms with Gasteiger partial charge >= 0.3 is 6.03 Å². The highest BCUT2D eigenvalue weighted by Gasteiger charge is 2.26. The fraction of sp³-hybridized carbons (Fsp3) is 0.444. The van der Waals surface area contributed by atoms with Crippen molar-refractivity contribution in [3.63, 3.8) is 0 Å². The Bertz CT molecular complexity index is 657. The van der Waals surface area contributed by atoms with Gasteiger partial charge in [-0.25, -0.2) is 9.78 Å². The Morgan fingerprint density at radius 3 is 2.61 bits per heavy atom. The van der Waals surface area contributed by atoms with Gasteiger partial charge in [-0.1, -0.05) is 30.3 Å². The van der Waals surface area contributed by atoms with Crippen LogP contribution in [-0.4, -0.2) is 40.1 Å². The molecule has 5 heteroatoms. The largest absolute Gasteiger partial charge is 0.338 e. The number of rotatable bonds is 3. The van der Waals surface area contributed by atoms with E-state index in [1.165, 1.54) is 5.69 Å². The fourth-order valence-electron chi connectivity index (χ4n) is 3.30. The molecule has 0 atom stereocenters. The van der Waals surface area contributed by atoms with Crippen molar-refractivity contribution >= 4 is 6.03 Å². The summed E-state index contributed by atoms with van der Waals surface area (Å²) in [6, 6.07) is 10.8. The quantitative estimate of drug-likeness (QED) is 0.946. The second kappa shape index (κ2) is 6.86. The standard InChI is InChI=1S/C18H24N4O/c1-3-19-18(23)21-11-9-16(10-12-21)22-14(2)13-20-17(22)15-7-5-4-6-8-15/h4-8,13,16H,3,9-12H2,1-2H3,(H,19,23). The van der Waals surface area contributed by atoms with Gasteiger partial charge in [-0.2, -0.15) is 0 Å². The van der Waals surface area contributed by atoms with Crippen LogP contribution in [0.1, 0.15) is 31.5 Å². The fourth-order valence-corrected chi connectivity index (χ4v) is 3.30. The van der Waals surface area contributed by atoms with Crippen LogP contribution in [0.4, 0.5) is 4.79 Å². The van der Waals surface area contributed by atoms with Crippen LogP contribution in [0.5, 0.6) is 0 Å². The average Bonchev–Trinajstić information content (AvgIpc) is 2.97. The minimum atomic E-state index is 0.0524. The van der Waals surface area contributed by atoms with E-state index in [1.807, 2.05) is 36.2 Å². The molecule has 2 aromatic rings. The van der Waals surface area contributed by atoms with Gasteiger partial charge in [-0.05, 0) is 26.7 Å². The van der Waals surface area contributed by atoms with Crippen molar-refractivity contribution in [3.05, 3.63) is 42.2 Å². The lowest BCUT2D eigenvalue weighted by atomic mass is 10.0. The van der Waals surface area contributed by atoms with Gasteiger partial charge in [0.1, 0.15) is 5.82 Å². The molecule has 1 N–H and O–H groups in total. The van der Waals surface area contributed by atoms with Crippen LogP contribution in [0.25, 0.3) is 11.4 Å². The van der Waals surface area contributed by atoms with Crippen molar-refractivity contribution in [2.24, 2.45) is 0 Å². The van der Waals surface area contributed by atoms with E-state index < -0.39 is 0 Å². The zero-order valence-electron chi connectivity index (χ0n) is 13.8. The van der Waals surface area contributed by atoms with Crippen molar-refractivity contribution in [2.75, 3.05) is 19.6 Å². The van der Waals surface area contributed by atoms with Gasteiger partial charge in [0.2, 0.25) is 0 Å². The number of nitrogens with zero attached hydrogens (tertiary/aromatic N) is 3. The number of urea groups is 1. The van der Waals surface area contributed by atoms with Crippen LogP contribution in [0.15, 0.2) is 36.5 Å². The summed E-state index contributed by atoms with van der Waals surface area (Å²) in [5.41, 5.74) is 2.33. The first-order valence-electron chi connectivity index (χ1n) is 8.32. The number of carbonyl (C=O) groups excluding carboxylic acids is 1. The van der Waals surface area contributed by atoms with E-state index in [2.05, 4.69) is 33.9 Å². The van der Waals surface area contributed by atoms with E-state index in [0.29, 0.717) is 12.6 Å². The monoisotopic (exact) mass is 312 g/mol. The van der Waals surface area contributed by atoms with Gasteiger partial charge in [-0.3, -0.25) is 0 Å². The molecule has 1 aliphatic heterocycles. The van der Waals surface area contributed by atoms with E-state index in [-0.39, 0.29) is 6.03 Å². The topological polar surface area (TPSA) is 50.2 Å². The Kier molecular flexibility index (Phi) is 4.65. The molecule has 0 spiro atoms. The third-order valence-corrected chi connectivity index (χ3v) is 4.46. The van der Waals surface area contributed by atoms with Crippen LogP contribution >= 0.6 is 0 Å². The highest BCUT2D eigenvalue weighted by atomic mass is 16.2. The number of hydrogen-bond acceptors (Lipinski definition) is 2. The molecule has 1 saturated heterocycles. The Hall–Kier alpha value is -2.30. The molecule has 0 unspecified atom stereocenters. The molecule has 2 amide bonds. The number of likely N-dealkylation sites (tertiary alicyclic amines) is 1. The molecule has 0 radical (unpaired) electrons. The molecule has 23 heavy (non-hydrogen) atoms. The number of piperidine rings is 1. The first-order valence-corrected chi connectivity index (χ1v) is 8.32. The zero-order chi connectivity index (χ0) is 16.2. The summed E-state index contributed by atoms with van der Waals surface area (Å²) in [5.74, 6) is 1.03. The van der Waals surface area contributed by atoms with Crippen molar-refractivity contribution in [3.8, 4) is 11.4 Å². The third-order valence-electron chi connectivity index (χ3n) is 4.46. The number of aromatic nitrogens is 2. The lowest BCUT2D eigenvalue weighted by Crippen LogP contribution is -2.44. The number of nitrogens with one attached hydrogen (secondary N) is 1. The summed E-state index contributed by atoms with van der Waals surface area (Å²) in [6.07, 6.45) is 3.88. The zero-order valence-corrected chi connectivity index (χ0v) is 13.8. The Morgan fingerprint density at radius 1 is 1.26 bits per heavy atom. The molecule has 1 fully saturated rings. The lowest BCUT2D eigenvalue weighted by molar-refractivity contribution is 0.172. The molecule has 1 aromatic heterocycles. The minimum absolute atomic E-state index is 0.0524. The van der Waals surface area contributed by atoms with Gasteiger partial charge < -0.3 is 14.8 Å². The molecule has 0 bridgehead atoms. The van der Waals surface area contributed by atoms with Crippen molar-refractivity contribution in [2.45, 2.75) is 32.7 Å². The maximum Gasteiger partial charge on any atom is 0.317 e. The Labute approximate surface area is 137 Å². The molecule has 1 aromatic carbocycles. The molecule has 122 valence electrons. The summed E-state index contributed by atoms with van der Waals surface area (Å²) in [7, 11) is 0. The highest BCUT2D eigenvalue weighted by molar-refractivity contribution is 5.74. The summed E-state index contributed by atoms with van der Waals surface area (Å²) in [5, 5.41) is 2.88. The van der Waals surface area contributed by atoms with Crippen molar-refractivity contribution in [1.29, 1.82) is 0 Å². The van der Waals surface area contributed by atoms with E-state index in [9.17, 15) is 4.79 Å². The van der Waals surface area contributed by atoms with Crippen LogP contribution in [0.3, 0.4) is 0 Å². The molecular formula is C18H24N4O. The normalized spacial score (nSPS) is 15.7. The van der Waals surface area contributed by atoms with Gasteiger partial charge in [0.15, 0.2) is 0 Å². The average molecular weight is 312 g/mol. The Balaban J connectivity index is 1.77. The predicted molar refractivity (Wildman–Crippen MR) is 91.3 cm³/mol. The number of hydrogen-bond donors (Lipinski definition) is 1. The second-order valence-electron chi connectivity index (χ2n) is 6.01. The SMILES string of the molecule is CCNC(=O)N1CCC(n2c(C)cnc2-c2ccccc2)CC1. The van der Waals surface area contributed by atoms with Crippen molar-refractivity contribution in [1.82, 2.24) is 19.8 Å². The number of aryl methyl sites for hydroxylation is 1. The molecular weight excluding hydrogens is 288 g/mol.